The van der Waals surface area contributed by atoms with E-state index in [0.29, 0.717) is 23.2 Å². The van der Waals surface area contributed by atoms with E-state index in [4.69, 9.17) is 12.2 Å². The van der Waals surface area contributed by atoms with Crippen LogP contribution in [0.15, 0.2) is 18.3 Å². The number of rotatable bonds is 3. The van der Waals surface area contributed by atoms with Gasteiger partial charge in [0.25, 0.3) is 0 Å². The number of nitrogens with one attached hydrogen (secondary N) is 1. The van der Waals surface area contributed by atoms with Gasteiger partial charge in [0.15, 0.2) is 4.77 Å². The Balaban J connectivity index is 1.95. The summed E-state index contributed by atoms with van der Waals surface area (Å²) in [5, 5.41) is 0. The molecule has 1 N–H and O–H groups in total. The van der Waals surface area contributed by atoms with Gasteiger partial charge in [-0.2, -0.15) is 0 Å². The summed E-state index contributed by atoms with van der Waals surface area (Å²) in [5.74, 6) is -0.942. The minimum Gasteiger partial charge on any atom is -0.337 e. The molecule has 0 aliphatic heterocycles. The van der Waals surface area contributed by atoms with E-state index in [1.807, 2.05) is 20.3 Å². The number of halogens is 2. The number of aromatic amines is 1. The van der Waals surface area contributed by atoms with Crippen molar-refractivity contribution >= 4 is 12.2 Å². The number of imidazole rings is 1. The molecule has 1 heterocycles. The lowest BCUT2D eigenvalue weighted by Crippen LogP contribution is -2.23. The summed E-state index contributed by atoms with van der Waals surface area (Å²) < 4.78 is 30.1. The van der Waals surface area contributed by atoms with Crippen LogP contribution in [0, 0.1) is 16.4 Å². The Morgan fingerprint density at radius 3 is 2.86 bits per heavy atom. The Labute approximate surface area is 133 Å². The van der Waals surface area contributed by atoms with Crippen molar-refractivity contribution < 1.29 is 8.78 Å². The van der Waals surface area contributed by atoms with Crippen molar-refractivity contribution in [2.45, 2.75) is 31.8 Å². The summed E-state index contributed by atoms with van der Waals surface area (Å²) in [6.45, 7) is 0.772. The molecule has 1 aliphatic carbocycles. The highest BCUT2D eigenvalue weighted by atomic mass is 32.1. The van der Waals surface area contributed by atoms with Gasteiger partial charge in [0.1, 0.15) is 11.6 Å². The maximum Gasteiger partial charge on any atom is 0.177 e. The summed E-state index contributed by atoms with van der Waals surface area (Å²) in [7, 11) is 4.00. The molecular formula is C16H19F2N3S. The molecule has 1 unspecified atom stereocenters. The third-order valence-electron chi connectivity index (χ3n) is 4.17. The molecule has 1 atom stereocenters. The molecule has 1 aliphatic rings. The zero-order chi connectivity index (χ0) is 15.9. The van der Waals surface area contributed by atoms with Crippen LogP contribution in [0.3, 0.4) is 0 Å². The average Bonchev–Trinajstić information content (AvgIpc) is 2.78. The second kappa shape index (κ2) is 5.93. The molecule has 0 amide bonds. The van der Waals surface area contributed by atoms with Crippen LogP contribution in [-0.2, 0) is 19.4 Å². The van der Waals surface area contributed by atoms with Crippen LogP contribution in [0.25, 0.3) is 0 Å². The normalized spacial score (nSPS) is 17.8. The first-order valence-electron chi connectivity index (χ1n) is 7.36. The first-order valence-corrected chi connectivity index (χ1v) is 7.77. The van der Waals surface area contributed by atoms with E-state index in [1.54, 1.807) is 0 Å². The van der Waals surface area contributed by atoms with E-state index in [-0.39, 0.29) is 6.04 Å². The molecule has 22 heavy (non-hydrogen) atoms. The topological polar surface area (TPSA) is 24.0 Å². The maximum absolute atomic E-state index is 13.9. The SMILES string of the molecule is CN(C)Cc1c[nH]c(=S)n1C1CCc2c(F)cc(F)cc2C1. The van der Waals surface area contributed by atoms with E-state index in [2.05, 4.69) is 14.5 Å². The monoisotopic (exact) mass is 323 g/mol. The van der Waals surface area contributed by atoms with Gasteiger partial charge >= 0.3 is 0 Å². The Morgan fingerprint density at radius 1 is 1.36 bits per heavy atom. The van der Waals surface area contributed by atoms with Crippen LogP contribution in [0.4, 0.5) is 8.78 Å². The first kappa shape index (κ1) is 15.4. The molecule has 3 nitrogen and oxygen atoms in total. The summed E-state index contributed by atoms with van der Waals surface area (Å²) in [6.07, 6.45) is 3.95. The van der Waals surface area contributed by atoms with Gasteiger partial charge in [-0.1, -0.05) is 0 Å². The fraction of sp³-hybridized carbons (Fsp3) is 0.438. The Morgan fingerprint density at radius 2 is 2.14 bits per heavy atom. The lowest BCUT2D eigenvalue weighted by molar-refractivity contribution is 0.359. The van der Waals surface area contributed by atoms with Gasteiger partial charge in [-0.15, -0.1) is 0 Å². The van der Waals surface area contributed by atoms with Gasteiger partial charge < -0.3 is 14.5 Å². The fourth-order valence-electron chi connectivity index (χ4n) is 3.27. The molecule has 0 saturated carbocycles. The average molecular weight is 323 g/mol. The fourth-order valence-corrected chi connectivity index (χ4v) is 3.59. The molecule has 0 bridgehead atoms. The van der Waals surface area contributed by atoms with Crippen molar-refractivity contribution in [3.63, 3.8) is 0 Å². The summed E-state index contributed by atoms with van der Waals surface area (Å²) in [4.78, 5) is 5.16. The van der Waals surface area contributed by atoms with Crippen LogP contribution in [-0.4, -0.2) is 28.5 Å². The number of fused-ring (bicyclic) bond motifs is 1. The van der Waals surface area contributed by atoms with Gasteiger partial charge in [-0.3, -0.25) is 0 Å². The Kier molecular flexibility index (Phi) is 4.14. The van der Waals surface area contributed by atoms with Gasteiger partial charge in [0.05, 0.1) is 5.69 Å². The number of hydrogen-bond acceptors (Lipinski definition) is 2. The van der Waals surface area contributed by atoms with Crippen molar-refractivity contribution in [1.29, 1.82) is 0 Å². The van der Waals surface area contributed by atoms with E-state index < -0.39 is 11.6 Å². The number of aromatic nitrogens is 2. The molecule has 1 aromatic heterocycles. The third kappa shape index (κ3) is 2.85. The van der Waals surface area contributed by atoms with Gasteiger partial charge in [0, 0.05) is 24.8 Å². The zero-order valence-corrected chi connectivity index (χ0v) is 13.5. The lowest BCUT2D eigenvalue weighted by atomic mass is 9.87. The minimum atomic E-state index is -0.511. The second-order valence-corrected chi connectivity index (χ2v) is 6.50. The largest absolute Gasteiger partial charge is 0.337 e. The summed E-state index contributed by atoms with van der Waals surface area (Å²) in [6, 6.07) is 2.56. The number of nitrogens with zero attached hydrogens (tertiary/aromatic N) is 2. The van der Waals surface area contributed by atoms with Crippen molar-refractivity contribution in [1.82, 2.24) is 14.5 Å². The molecule has 118 valence electrons. The van der Waals surface area contributed by atoms with E-state index in [1.165, 1.54) is 6.07 Å². The van der Waals surface area contributed by atoms with E-state index in [0.717, 1.165) is 30.3 Å². The van der Waals surface area contributed by atoms with Crippen molar-refractivity contribution in [2.24, 2.45) is 0 Å². The van der Waals surface area contributed by atoms with Gasteiger partial charge in [0.2, 0.25) is 0 Å². The number of hydrogen-bond donors (Lipinski definition) is 1. The second-order valence-electron chi connectivity index (χ2n) is 6.11. The zero-order valence-electron chi connectivity index (χ0n) is 12.7. The first-order chi connectivity index (χ1) is 10.5. The molecule has 6 heteroatoms. The lowest BCUT2D eigenvalue weighted by Gasteiger charge is -2.28. The van der Waals surface area contributed by atoms with Crippen LogP contribution in [0.2, 0.25) is 0 Å². The Bertz CT molecular complexity index is 748. The molecule has 0 radical (unpaired) electrons. The van der Waals surface area contributed by atoms with Crippen molar-refractivity contribution in [2.75, 3.05) is 14.1 Å². The van der Waals surface area contributed by atoms with Crippen LogP contribution in [0.5, 0.6) is 0 Å². The van der Waals surface area contributed by atoms with Crippen molar-refractivity contribution in [3.8, 4) is 0 Å². The summed E-state index contributed by atoms with van der Waals surface area (Å²) >= 11 is 5.40. The highest BCUT2D eigenvalue weighted by Crippen LogP contribution is 2.32. The minimum absolute atomic E-state index is 0.141. The van der Waals surface area contributed by atoms with Gasteiger partial charge in [-0.25, -0.2) is 8.78 Å². The molecule has 2 aromatic rings. The summed E-state index contributed by atoms with van der Waals surface area (Å²) in [5.41, 5.74) is 2.50. The third-order valence-corrected chi connectivity index (χ3v) is 4.48. The molecular weight excluding hydrogens is 304 g/mol. The van der Waals surface area contributed by atoms with Crippen LogP contribution >= 0.6 is 12.2 Å². The molecule has 3 rings (SSSR count). The Hall–Kier alpha value is -1.53. The van der Waals surface area contributed by atoms with E-state index >= 15 is 0 Å². The molecule has 0 fully saturated rings. The van der Waals surface area contributed by atoms with Crippen LogP contribution < -0.4 is 0 Å². The van der Waals surface area contributed by atoms with E-state index in [9.17, 15) is 8.78 Å². The number of H-pyrrole nitrogens is 1. The molecule has 0 saturated heterocycles. The predicted octanol–water partition coefficient (Wildman–Crippen LogP) is 3.62. The highest BCUT2D eigenvalue weighted by molar-refractivity contribution is 7.71. The standard InChI is InChI=1S/C16H19F2N3S/c1-20(2)9-13-8-19-16(22)21(13)12-3-4-14-10(6-12)5-11(17)7-15(14)18/h5,7-8,12H,3-4,6,9H2,1-2H3,(H,19,22). The highest BCUT2D eigenvalue weighted by Gasteiger charge is 2.25. The predicted molar refractivity (Wildman–Crippen MR) is 84.4 cm³/mol. The number of benzene rings is 1. The maximum atomic E-state index is 13.9. The molecule has 1 aromatic carbocycles. The molecule has 0 spiro atoms. The van der Waals surface area contributed by atoms with Crippen LogP contribution in [0.1, 0.15) is 29.3 Å². The van der Waals surface area contributed by atoms with Crippen molar-refractivity contribution in [3.05, 3.63) is 51.6 Å². The quantitative estimate of drug-likeness (QED) is 0.873. The smallest absolute Gasteiger partial charge is 0.177 e. The van der Waals surface area contributed by atoms with Gasteiger partial charge in [-0.05, 0) is 62.8 Å².